The molecular weight excluding hydrogens is 170 g/mol. The molecule has 5 N–H and O–H groups in total. The number of aliphatic hydroxyl groups is 1. The molecule has 0 saturated carbocycles. The molecule has 0 saturated heterocycles. The number of hydrogen-bond donors (Lipinski definition) is 4. The van der Waals surface area contributed by atoms with Crippen molar-refractivity contribution in [1.29, 1.82) is 5.41 Å². The topological polar surface area (TPSA) is 82.1 Å². The van der Waals surface area contributed by atoms with Crippen LogP contribution < -0.4 is 11.1 Å². The van der Waals surface area contributed by atoms with Crippen LogP contribution in [0.15, 0.2) is 0 Å². The lowest BCUT2D eigenvalue weighted by Crippen LogP contribution is -2.31. The lowest BCUT2D eigenvalue weighted by Gasteiger charge is -2.00. The minimum atomic E-state index is -0.00500. The van der Waals surface area contributed by atoms with E-state index in [9.17, 15) is 0 Å². The third-order valence-corrected chi connectivity index (χ3v) is 2.60. The van der Waals surface area contributed by atoms with E-state index in [0.717, 1.165) is 5.75 Å². The molecule has 60 valence electrons. The third kappa shape index (κ3) is 7.93. The van der Waals surface area contributed by atoms with Crippen LogP contribution in [0.2, 0.25) is 0 Å². The van der Waals surface area contributed by atoms with Crippen LogP contribution in [-0.4, -0.2) is 29.3 Å². The van der Waals surface area contributed by atoms with Crippen LogP contribution in [0.5, 0.6) is 0 Å². The fourth-order valence-corrected chi connectivity index (χ4v) is 1.53. The van der Waals surface area contributed by atoms with Crippen LogP contribution in [0.1, 0.15) is 0 Å². The predicted molar refractivity (Wildman–Crippen MR) is 47.1 cm³/mol. The van der Waals surface area contributed by atoms with Crippen molar-refractivity contribution in [2.75, 3.05) is 18.2 Å². The lowest BCUT2D eigenvalue weighted by molar-refractivity contribution is 0.376. The van der Waals surface area contributed by atoms with Gasteiger partial charge in [0.05, 0.1) is 5.94 Å². The van der Waals surface area contributed by atoms with Gasteiger partial charge >= 0.3 is 0 Å². The van der Waals surface area contributed by atoms with Gasteiger partial charge in [0.15, 0.2) is 5.96 Å². The van der Waals surface area contributed by atoms with Crippen molar-refractivity contribution in [3.8, 4) is 0 Å². The molecule has 0 heterocycles. The number of nitrogens with one attached hydrogen (secondary N) is 2. The maximum absolute atomic E-state index is 8.33. The molecule has 0 radical (unpaired) electrons. The van der Waals surface area contributed by atoms with Crippen molar-refractivity contribution in [1.82, 2.24) is 5.32 Å². The number of hydrogen-bond acceptors (Lipinski definition) is 4. The molecule has 10 heavy (non-hydrogen) atoms. The summed E-state index contributed by atoms with van der Waals surface area (Å²) in [5, 5.41) is 17.8. The Balaban J connectivity index is 2.84. The van der Waals surface area contributed by atoms with Gasteiger partial charge in [-0.15, -0.1) is 0 Å². The normalized spacial score (nSPS) is 9.30. The monoisotopic (exact) mass is 181 g/mol. The maximum Gasteiger partial charge on any atom is 0.185 e. The van der Waals surface area contributed by atoms with Gasteiger partial charge in [-0.2, -0.15) is 0 Å². The fourth-order valence-electron chi connectivity index (χ4n) is 0.324. The molecule has 0 aliphatic carbocycles. The van der Waals surface area contributed by atoms with E-state index in [-0.39, 0.29) is 11.9 Å². The summed E-state index contributed by atoms with van der Waals surface area (Å²) in [5.74, 6) is 0.963. The summed E-state index contributed by atoms with van der Waals surface area (Å²) in [6.07, 6.45) is 0. The van der Waals surface area contributed by atoms with Gasteiger partial charge in [-0.3, -0.25) is 5.41 Å². The van der Waals surface area contributed by atoms with Crippen LogP contribution in [-0.2, 0) is 0 Å². The van der Waals surface area contributed by atoms with Gasteiger partial charge in [-0.05, 0) is 0 Å². The summed E-state index contributed by atoms with van der Waals surface area (Å²) in [6.45, 7) is 0.674. The van der Waals surface area contributed by atoms with E-state index < -0.39 is 0 Å². The van der Waals surface area contributed by atoms with Crippen molar-refractivity contribution in [3.05, 3.63) is 0 Å². The smallest absolute Gasteiger partial charge is 0.185 e. The van der Waals surface area contributed by atoms with Crippen molar-refractivity contribution < 1.29 is 5.11 Å². The molecule has 0 fully saturated rings. The minimum absolute atomic E-state index is 0.00500. The van der Waals surface area contributed by atoms with Gasteiger partial charge in [0.1, 0.15) is 0 Å². The molecule has 0 spiro atoms. The van der Waals surface area contributed by atoms with Crippen molar-refractivity contribution in [2.45, 2.75) is 0 Å². The Morgan fingerprint density at radius 3 is 2.80 bits per heavy atom. The largest absolute Gasteiger partial charge is 0.385 e. The zero-order valence-electron chi connectivity index (χ0n) is 5.46. The van der Waals surface area contributed by atoms with Crippen molar-refractivity contribution in [3.63, 3.8) is 0 Å². The number of nitrogens with two attached hydrogens (primary N) is 1. The second-order valence-electron chi connectivity index (χ2n) is 1.41. The molecular formula is C4H11N3OS2. The maximum atomic E-state index is 8.33. The van der Waals surface area contributed by atoms with Gasteiger partial charge in [0.25, 0.3) is 0 Å². The quantitative estimate of drug-likeness (QED) is 0.155. The molecule has 0 aromatic carbocycles. The third-order valence-electron chi connectivity index (χ3n) is 0.637. The van der Waals surface area contributed by atoms with E-state index >= 15 is 0 Å². The van der Waals surface area contributed by atoms with E-state index in [1.54, 1.807) is 10.8 Å². The first-order valence-electron chi connectivity index (χ1n) is 2.70. The van der Waals surface area contributed by atoms with E-state index in [1.165, 1.54) is 10.8 Å². The Labute approximate surface area is 67.8 Å². The molecule has 0 bridgehead atoms. The summed E-state index contributed by atoms with van der Waals surface area (Å²) < 4.78 is 0. The molecule has 0 atom stereocenters. The first-order valence-corrected chi connectivity index (χ1v) is 5.19. The van der Waals surface area contributed by atoms with Crippen LogP contribution in [0.25, 0.3) is 0 Å². The molecule has 0 aromatic rings. The highest BCUT2D eigenvalue weighted by molar-refractivity contribution is 8.76. The predicted octanol–water partition coefficient (Wildman–Crippen LogP) is -0.199. The summed E-state index contributed by atoms with van der Waals surface area (Å²) in [7, 11) is 2.93. The first-order chi connectivity index (χ1) is 4.77. The molecule has 4 nitrogen and oxygen atoms in total. The summed E-state index contributed by atoms with van der Waals surface area (Å²) in [4.78, 5) is 0. The molecule has 0 rings (SSSR count). The van der Waals surface area contributed by atoms with Crippen molar-refractivity contribution in [2.24, 2.45) is 5.73 Å². The van der Waals surface area contributed by atoms with Gasteiger partial charge in [-0.1, -0.05) is 21.6 Å². The Kier molecular flexibility index (Phi) is 6.99. The SMILES string of the molecule is N=C(N)NCCSSCO. The van der Waals surface area contributed by atoms with Crippen LogP contribution in [0.3, 0.4) is 0 Å². The Hall–Kier alpha value is -0.0700. The van der Waals surface area contributed by atoms with Gasteiger partial charge in [-0.25, -0.2) is 0 Å². The average Bonchev–Trinajstić information content (AvgIpc) is 1.87. The van der Waals surface area contributed by atoms with E-state index in [0.29, 0.717) is 6.54 Å². The fraction of sp³-hybridized carbons (Fsp3) is 0.750. The molecule has 0 aliphatic heterocycles. The average molecular weight is 181 g/mol. The summed E-state index contributed by atoms with van der Waals surface area (Å²) in [6, 6.07) is 0. The second-order valence-corrected chi connectivity index (χ2v) is 3.96. The lowest BCUT2D eigenvalue weighted by atomic mass is 10.7. The van der Waals surface area contributed by atoms with Crippen LogP contribution in [0, 0.1) is 5.41 Å². The van der Waals surface area contributed by atoms with Crippen LogP contribution in [0.4, 0.5) is 0 Å². The van der Waals surface area contributed by atoms with Crippen LogP contribution >= 0.6 is 21.6 Å². The zero-order chi connectivity index (χ0) is 7.82. The van der Waals surface area contributed by atoms with Gasteiger partial charge < -0.3 is 16.2 Å². The van der Waals surface area contributed by atoms with Crippen molar-refractivity contribution >= 4 is 27.5 Å². The molecule has 0 amide bonds. The minimum Gasteiger partial charge on any atom is -0.385 e. The summed E-state index contributed by atoms with van der Waals surface area (Å²) >= 11 is 0. The first kappa shape index (κ1) is 9.93. The van der Waals surface area contributed by atoms with Gasteiger partial charge in [0, 0.05) is 12.3 Å². The number of guanidine groups is 1. The Morgan fingerprint density at radius 2 is 2.30 bits per heavy atom. The second kappa shape index (κ2) is 7.04. The number of rotatable bonds is 5. The molecule has 0 aliphatic rings. The van der Waals surface area contributed by atoms with E-state index in [4.69, 9.17) is 16.2 Å². The summed E-state index contributed by atoms with van der Waals surface area (Å²) in [5.41, 5.74) is 5.01. The zero-order valence-corrected chi connectivity index (χ0v) is 7.10. The highest BCUT2D eigenvalue weighted by Gasteiger charge is 1.88. The van der Waals surface area contributed by atoms with E-state index in [2.05, 4.69) is 5.32 Å². The Morgan fingerprint density at radius 1 is 1.60 bits per heavy atom. The van der Waals surface area contributed by atoms with Gasteiger partial charge in [0.2, 0.25) is 0 Å². The molecule has 0 aromatic heterocycles. The molecule has 6 heteroatoms. The highest BCUT2D eigenvalue weighted by Crippen LogP contribution is 2.17. The Bertz CT molecular complexity index is 101. The molecule has 0 unspecified atom stereocenters. The van der Waals surface area contributed by atoms with E-state index in [1.807, 2.05) is 0 Å². The standard InChI is InChI=1S/C4H11N3OS2/c5-4(6)7-1-2-9-10-3-8/h8H,1-3H2,(H4,5,6,7). The number of aliphatic hydroxyl groups excluding tert-OH is 1. The highest BCUT2D eigenvalue weighted by atomic mass is 33.1.